The molecular weight excluding hydrogens is 525 g/mol. The summed E-state index contributed by atoms with van der Waals surface area (Å²) >= 11 is 6.37. The van der Waals surface area contributed by atoms with E-state index in [1.807, 2.05) is 31.2 Å². The quantitative estimate of drug-likeness (QED) is 0.390. The molecule has 2 aliphatic heterocycles. The van der Waals surface area contributed by atoms with Gasteiger partial charge in [-0.1, -0.05) is 41.4 Å². The Morgan fingerprint density at radius 1 is 1.28 bits per heavy atom. The Bertz CT molecular complexity index is 1400. The Kier molecular flexibility index (Phi) is 8.06. The molecule has 1 atom stereocenters. The molecule has 3 aromatic rings. The summed E-state index contributed by atoms with van der Waals surface area (Å²) in [6.07, 6.45) is 3.08. The van der Waals surface area contributed by atoms with Crippen molar-refractivity contribution in [1.29, 1.82) is 0 Å². The molecular formula is C28H29ClFN5O4. The number of hydrogen-bond acceptors (Lipinski definition) is 7. The van der Waals surface area contributed by atoms with Gasteiger partial charge in [0.2, 0.25) is 11.9 Å². The van der Waals surface area contributed by atoms with Crippen LogP contribution in [0.15, 0.2) is 42.6 Å². The number of aromatic nitrogens is 2. The van der Waals surface area contributed by atoms with Crippen molar-refractivity contribution < 1.29 is 23.8 Å². The third kappa shape index (κ3) is 6.03. The van der Waals surface area contributed by atoms with Crippen LogP contribution in [-0.4, -0.2) is 64.2 Å². The van der Waals surface area contributed by atoms with Crippen molar-refractivity contribution >= 4 is 29.4 Å². The largest absolute Gasteiger partial charge is 0.394 e. The number of halogens is 2. The monoisotopic (exact) mass is 553 g/mol. The molecule has 0 bridgehead atoms. The van der Waals surface area contributed by atoms with Gasteiger partial charge < -0.3 is 25.4 Å². The van der Waals surface area contributed by atoms with Crippen molar-refractivity contribution in [1.82, 2.24) is 20.2 Å². The van der Waals surface area contributed by atoms with Gasteiger partial charge in [0.05, 0.1) is 36.1 Å². The molecule has 1 aromatic heterocycles. The van der Waals surface area contributed by atoms with Crippen LogP contribution in [0.2, 0.25) is 5.02 Å². The van der Waals surface area contributed by atoms with Crippen LogP contribution in [0, 0.1) is 12.7 Å². The lowest BCUT2D eigenvalue weighted by Crippen LogP contribution is -2.40. The molecule has 39 heavy (non-hydrogen) atoms. The molecule has 3 N–H and O–H groups in total. The first-order valence-electron chi connectivity index (χ1n) is 12.8. The second-order valence-corrected chi connectivity index (χ2v) is 10.2. The number of nitrogens with zero attached hydrogens (tertiary/aromatic N) is 3. The SMILES string of the molecule is Cc1cccc(C(CO)NC(=O)CN2Cc3c(F)cc(-c4nc(NC5CCOCC5)ncc4Cl)cc3C2=O)c1. The minimum atomic E-state index is -0.621. The summed E-state index contributed by atoms with van der Waals surface area (Å²) in [5.41, 5.74) is 2.75. The number of nitrogens with one attached hydrogen (secondary N) is 2. The molecule has 2 amide bonds. The van der Waals surface area contributed by atoms with Gasteiger partial charge in [0.25, 0.3) is 5.91 Å². The third-order valence-corrected chi connectivity index (χ3v) is 7.21. The number of carbonyl (C=O) groups excluding carboxylic acids is 2. The van der Waals surface area contributed by atoms with Crippen LogP contribution in [0.1, 0.15) is 45.9 Å². The van der Waals surface area contributed by atoms with E-state index in [-0.39, 0.29) is 41.9 Å². The molecule has 0 radical (unpaired) electrons. The first kappa shape index (κ1) is 27.0. The van der Waals surface area contributed by atoms with Crippen LogP contribution in [0.25, 0.3) is 11.3 Å². The van der Waals surface area contributed by atoms with Crippen molar-refractivity contribution in [2.45, 2.75) is 38.4 Å². The number of aliphatic hydroxyl groups is 1. The van der Waals surface area contributed by atoms with Gasteiger partial charge in [-0.15, -0.1) is 0 Å². The van der Waals surface area contributed by atoms with E-state index in [2.05, 4.69) is 20.6 Å². The van der Waals surface area contributed by atoms with E-state index in [4.69, 9.17) is 16.3 Å². The number of aliphatic hydroxyl groups excluding tert-OH is 1. The Labute approximate surface area is 230 Å². The van der Waals surface area contributed by atoms with Gasteiger partial charge in [0, 0.05) is 35.9 Å². The van der Waals surface area contributed by atoms with Crippen molar-refractivity contribution in [2.75, 3.05) is 31.7 Å². The number of rotatable bonds is 8. The summed E-state index contributed by atoms with van der Waals surface area (Å²) < 4.78 is 20.6. The molecule has 1 fully saturated rings. The minimum Gasteiger partial charge on any atom is -0.394 e. The van der Waals surface area contributed by atoms with Crippen molar-refractivity contribution in [3.05, 3.63) is 75.7 Å². The Morgan fingerprint density at radius 3 is 2.82 bits per heavy atom. The van der Waals surface area contributed by atoms with E-state index in [0.717, 1.165) is 24.0 Å². The Balaban J connectivity index is 1.31. The number of aryl methyl sites for hydroxylation is 1. The normalized spacial score (nSPS) is 16.2. The summed E-state index contributed by atoms with van der Waals surface area (Å²) in [5, 5.41) is 16.1. The number of benzene rings is 2. The Hall–Kier alpha value is -3.60. The van der Waals surface area contributed by atoms with E-state index >= 15 is 4.39 Å². The molecule has 1 unspecified atom stereocenters. The van der Waals surface area contributed by atoms with Crippen molar-refractivity contribution in [3.8, 4) is 11.3 Å². The van der Waals surface area contributed by atoms with Crippen molar-refractivity contribution in [3.63, 3.8) is 0 Å². The van der Waals surface area contributed by atoms with Crippen LogP contribution in [-0.2, 0) is 16.1 Å². The highest BCUT2D eigenvalue weighted by atomic mass is 35.5. The van der Waals surface area contributed by atoms with E-state index < -0.39 is 23.7 Å². The first-order valence-corrected chi connectivity index (χ1v) is 13.2. The molecule has 0 spiro atoms. The predicted molar refractivity (Wildman–Crippen MR) is 144 cm³/mol. The van der Waals surface area contributed by atoms with Gasteiger partial charge in [0.1, 0.15) is 12.4 Å². The molecule has 0 aliphatic carbocycles. The molecule has 11 heteroatoms. The first-order chi connectivity index (χ1) is 18.8. The molecule has 2 aromatic carbocycles. The van der Waals surface area contributed by atoms with Gasteiger partial charge in [-0.25, -0.2) is 14.4 Å². The molecule has 1 saturated heterocycles. The number of anilines is 1. The van der Waals surface area contributed by atoms with E-state index in [1.165, 1.54) is 17.2 Å². The summed E-state index contributed by atoms with van der Waals surface area (Å²) in [7, 11) is 0. The lowest BCUT2D eigenvalue weighted by atomic mass is 10.0. The fourth-order valence-corrected chi connectivity index (χ4v) is 5.08. The molecule has 2 aliphatic rings. The maximum Gasteiger partial charge on any atom is 0.255 e. The number of ether oxygens (including phenoxy) is 1. The number of hydrogen-bond donors (Lipinski definition) is 3. The van der Waals surface area contributed by atoms with Crippen LogP contribution >= 0.6 is 11.6 Å². The summed E-state index contributed by atoms with van der Waals surface area (Å²) in [6, 6.07) is 9.82. The van der Waals surface area contributed by atoms with Gasteiger partial charge in [-0.3, -0.25) is 9.59 Å². The summed E-state index contributed by atoms with van der Waals surface area (Å²) in [6.45, 7) is 2.59. The number of amides is 2. The van der Waals surface area contributed by atoms with Crippen LogP contribution < -0.4 is 10.6 Å². The number of fused-ring (bicyclic) bond motifs is 1. The highest BCUT2D eigenvalue weighted by molar-refractivity contribution is 6.33. The zero-order chi connectivity index (χ0) is 27.5. The zero-order valence-electron chi connectivity index (χ0n) is 21.4. The fourth-order valence-electron chi connectivity index (χ4n) is 4.88. The van der Waals surface area contributed by atoms with Crippen LogP contribution in [0.3, 0.4) is 0 Å². The summed E-state index contributed by atoms with van der Waals surface area (Å²) in [5.74, 6) is -1.15. The predicted octanol–water partition coefficient (Wildman–Crippen LogP) is 3.64. The topological polar surface area (TPSA) is 117 Å². The minimum absolute atomic E-state index is 0.0456. The van der Waals surface area contributed by atoms with Gasteiger partial charge in [-0.2, -0.15) is 0 Å². The maximum absolute atomic E-state index is 15.2. The zero-order valence-corrected chi connectivity index (χ0v) is 22.2. The van der Waals surface area contributed by atoms with E-state index in [0.29, 0.717) is 30.4 Å². The van der Waals surface area contributed by atoms with Crippen molar-refractivity contribution in [2.24, 2.45) is 0 Å². The molecule has 5 rings (SSSR count). The average Bonchev–Trinajstić information content (AvgIpc) is 3.24. The number of carbonyl (C=O) groups is 2. The van der Waals surface area contributed by atoms with Crippen LogP contribution in [0.5, 0.6) is 0 Å². The third-order valence-electron chi connectivity index (χ3n) is 6.93. The fraction of sp³-hybridized carbons (Fsp3) is 0.357. The smallest absolute Gasteiger partial charge is 0.255 e. The van der Waals surface area contributed by atoms with E-state index in [1.54, 1.807) is 6.07 Å². The highest BCUT2D eigenvalue weighted by Gasteiger charge is 2.32. The maximum atomic E-state index is 15.2. The van der Waals surface area contributed by atoms with E-state index in [9.17, 15) is 14.7 Å². The molecule has 0 saturated carbocycles. The molecule has 9 nitrogen and oxygen atoms in total. The van der Waals surface area contributed by atoms with Gasteiger partial charge in [-0.05, 0) is 37.5 Å². The molecule has 3 heterocycles. The average molecular weight is 554 g/mol. The standard InChI is InChI=1S/C28H29ClFN5O4/c1-16-3-2-4-17(9-16)24(15-36)33-25(37)14-35-13-21-20(27(35)38)10-18(11-23(21)30)26-22(29)12-31-28(34-26)32-19-5-7-39-8-6-19/h2-4,9-12,19,24,36H,5-8,13-15H2,1H3,(H,33,37)(H,31,32,34). The lowest BCUT2D eigenvalue weighted by Gasteiger charge is -2.23. The summed E-state index contributed by atoms with van der Waals surface area (Å²) in [4.78, 5) is 36.0. The second kappa shape index (κ2) is 11.6. The molecule has 204 valence electrons. The highest BCUT2D eigenvalue weighted by Crippen LogP contribution is 2.33. The van der Waals surface area contributed by atoms with Gasteiger partial charge >= 0.3 is 0 Å². The lowest BCUT2D eigenvalue weighted by molar-refractivity contribution is -0.122. The van der Waals surface area contributed by atoms with Gasteiger partial charge in [0.15, 0.2) is 0 Å². The second-order valence-electron chi connectivity index (χ2n) is 9.78. The Morgan fingerprint density at radius 2 is 2.08 bits per heavy atom. The van der Waals surface area contributed by atoms with Crippen LogP contribution in [0.4, 0.5) is 10.3 Å².